The van der Waals surface area contributed by atoms with Gasteiger partial charge in [-0.25, -0.2) is 0 Å². The van der Waals surface area contributed by atoms with E-state index in [0.717, 1.165) is 11.3 Å². The maximum absolute atomic E-state index is 4.46. The van der Waals surface area contributed by atoms with Crippen molar-refractivity contribution in [1.82, 2.24) is 9.55 Å². The van der Waals surface area contributed by atoms with Crippen molar-refractivity contribution in [1.29, 1.82) is 0 Å². The molecule has 3 heteroatoms. The van der Waals surface area contributed by atoms with Gasteiger partial charge < -0.3 is 9.55 Å². The number of nitrogens with zero attached hydrogens (tertiary/aromatic N) is 2. The third kappa shape index (κ3) is 1.32. The normalized spacial score (nSPS) is 15.2. The van der Waals surface area contributed by atoms with Crippen LogP contribution >= 0.6 is 0 Å². The number of aromatic nitrogens is 2. The zero-order chi connectivity index (χ0) is 10.6. The minimum absolute atomic E-state index is 0. The summed E-state index contributed by atoms with van der Waals surface area (Å²) < 4.78 is 1.99. The van der Waals surface area contributed by atoms with E-state index in [-0.39, 0.29) is 25.5 Å². The zero-order valence-corrected chi connectivity index (χ0v) is 11.9. The maximum Gasteiger partial charge on any atom is 0.0160 e. The zero-order valence-electron chi connectivity index (χ0n) is 9.54. The van der Waals surface area contributed by atoms with Crippen molar-refractivity contribution in [3.05, 3.63) is 41.9 Å². The summed E-state index contributed by atoms with van der Waals surface area (Å²) in [7, 11) is 2.01. The summed E-state index contributed by atoms with van der Waals surface area (Å²) in [4.78, 5) is 4.46. The molecule has 0 unspecified atom stereocenters. The van der Waals surface area contributed by atoms with Gasteiger partial charge in [0.25, 0.3) is 0 Å². The number of hydrogen-bond donors (Lipinski definition) is 0. The molecule has 0 aromatic carbocycles. The van der Waals surface area contributed by atoms with Gasteiger partial charge in [-0.05, 0) is 24.2 Å². The Morgan fingerprint density at radius 1 is 1.31 bits per heavy atom. The first-order valence-electron chi connectivity index (χ1n) is 5.15. The van der Waals surface area contributed by atoms with E-state index in [0.29, 0.717) is 0 Å². The van der Waals surface area contributed by atoms with Crippen LogP contribution in [0.3, 0.4) is 0 Å². The first-order valence-corrected chi connectivity index (χ1v) is 5.15. The Balaban J connectivity index is 0.000000963. The molecule has 0 saturated carbocycles. The summed E-state index contributed by atoms with van der Waals surface area (Å²) in [5, 5.41) is 0. The van der Waals surface area contributed by atoms with E-state index < -0.39 is 0 Å². The van der Waals surface area contributed by atoms with Gasteiger partial charge in [0.05, 0.1) is 0 Å². The molecule has 0 atom stereocenters. The summed E-state index contributed by atoms with van der Waals surface area (Å²) in [6.07, 6.45) is 7.32. The first-order chi connectivity index (χ1) is 7.10. The Labute approximate surface area is 109 Å². The molecule has 0 spiro atoms. The van der Waals surface area contributed by atoms with Crippen LogP contribution in [-0.4, -0.2) is 9.55 Å². The van der Waals surface area contributed by atoms with Gasteiger partial charge >= 0.3 is 0 Å². The molecule has 85 valence electrons. The van der Waals surface area contributed by atoms with E-state index in [1.807, 2.05) is 23.9 Å². The Bertz CT molecular complexity index is 541. The molecule has 1 radical (unpaired) electrons. The van der Waals surface area contributed by atoms with E-state index in [1.54, 1.807) is 0 Å². The molecule has 0 aliphatic heterocycles. The second kappa shape index (κ2) is 3.54. The molecule has 2 aromatic heterocycles. The molecule has 1 aliphatic rings. The van der Waals surface area contributed by atoms with E-state index in [1.165, 1.54) is 11.1 Å². The molecule has 0 N–H and O–H groups in total. The van der Waals surface area contributed by atoms with Crippen LogP contribution in [0.5, 0.6) is 0 Å². The van der Waals surface area contributed by atoms with E-state index in [2.05, 4.69) is 37.3 Å². The number of fused-ring (bicyclic) bond motifs is 3. The summed E-state index contributed by atoms with van der Waals surface area (Å²) in [6, 6.07) is 4.17. The van der Waals surface area contributed by atoms with E-state index >= 15 is 0 Å². The predicted molar refractivity (Wildman–Crippen MR) is 59.6 cm³/mol. The minimum Gasteiger partial charge on any atom is -0.442 e. The van der Waals surface area contributed by atoms with Gasteiger partial charge in [0.1, 0.15) is 0 Å². The smallest absolute Gasteiger partial charge is 0.0160 e. The fourth-order valence-corrected chi connectivity index (χ4v) is 2.44. The monoisotopic (exact) mass is 390 g/mol. The molecule has 2 heterocycles. The van der Waals surface area contributed by atoms with Crippen LogP contribution < -0.4 is 0 Å². The van der Waals surface area contributed by atoms with Gasteiger partial charge in [0.2, 0.25) is 0 Å². The average molecular weight is 389 g/mol. The number of rotatable bonds is 0. The van der Waals surface area contributed by atoms with Crippen LogP contribution in [0.1, 0.15) is 25.0 Å². The van der Waals surface area contributed by atoms with Crippen molar-refractivity contribution in [2.45, 2.75) is 19.3 Å². The van der Waals surface area contributed by atoms with Crippen molar-refractivity contribution >= 4 is 0 Å². The molecule has 16 heavy (non-hydrogen) atoms. The maximum atomic E-state index is 4.46. The van der Waals surface area contributed by atoms with Crippen LogP contribution in [0, 0.1) is 6.20 Å². The Kier molecular flexibility index (Phi) is 2.56. The number of aryl methyl sites for hydroxylation is 1. The molecule has 0 bridgehead atoms. The quantitative estimate of drug-likeness (QED) is 0.633. The van der Waals surface area contributed by atoms with Gasteiger partial charge in [-0.1, -0.05) is 31.7 Å². The summed E-state index contributed by atoms with van der Waals surface area (Å²) in [6.45, 7) is 4.49. The third-order valence-electron chi connectivity index (χ3n) is 3.27. The fourth-order valence-electron chi connectivity index (χ4n) is 2.44. The standard InChI is InChI=1S/C13H13N2.Ir/c1-13(2)10-5-4-6-14-12(10)9-7-15(3)8-11(9)13;/h4-6,8H,1-3H3;/q-1;. The summed E-state index contributed by atoms with van der Waals surface area (Å²) >= 11 is 0. The topological polar surface area (TPSA) is 17.8 Å². The molecule has 0 saturated heterocycles. The molecule has 3 rings (SSSR count). The molecule has 2 aromatic rings. The first kappa shape index (κ1) is 11.6. The Morgan fingerprint density at radius 2 is 2.06 bits per heavy atom. The van der Waals surface area contributed by atoms with Gasteiger partial charge in [0.15, 0.2) is 0 Å². The van der Waals surface area contributed by atoms with Gasteiger partial charge in [-0.15, -0.1) is 17.3 Å². The predicted octanol–water partition coefficient (Wildman–Crippen LogP) is 2.52. The van der Waals surface area contributed by atoms with Crippen molar-refractivity contribution in [2.75, 3.05) is 0 Å². The second-order valence-corrected chi connectivity index (χ2v) is 4.67. The molecular formula is C13H13IrN2-. The third-order valence-corrected chi connectivity index (χ3v) is 3.27. The largest absolute Gasteiger partial charge is 0.442 e. The SMILES string of the molecule is Cn1[c-]c2c(c1)C(C)(C)c1cccnc1-2.[Ir]. The number of hydrogen-bond acceptors (Lipinski definition) is 1. The minimum atomic E-state index is 0. The second-order valence-electron chi connectivity index (χ2n) is 4.67. The molecule has 1 aliphatic carbocycles. The molecule has 0 amide bonds. The van der Waals surface area contributed by atoms with Crippen LogP contribution in [-0.2, 0) is 32.6 Å². The van der Waals surface area contributed by atoms with Crippen molar-refractivity contribution in [3.8, 4) is 11.3 Å². The number of pyridine rings is 1. The van der Waals surface area contributed by atoms with Crippen LogP contribution in [0.15, 0.2) is 24.5 Å². The fraction of sp³-hybridized carbons (Fsp3) is 0.308. The van der Waals surface area contributed by atoms with Crippen molar-refractivity contribution in [3.63, 3.8) is 0 Å². The van der Waals surface area contributed by atoms with Gasteiger partial charge in [0, 0.05) is 26.3 Å². The summed E-state index contributed by atoms with van der Waals surface area (Å²) in [5.41, 5.74) is 4.97. The Hall–Kier alpha value is -0.921. The molecule has 0 fully saturated rings. The molecular weight excluding hydrogens is 376 g/mol. The Morgan fingerprint density at radius 3 is 2.81 bits per heavy atom. The van der Waals surface area contributed by atoms with E-state index in [4.69, 9.17) is 0 Å². The van der Waals surface area contributed by atoms with Gasteiger partial charge in [-0.2, -0.15) is 0 Å². The average Bonchev–Trinajstić information content (AvgIpc) is 2.68. The summed E-state index contributed by atoms with van der Waals surface area (Å²) in [5.74, 6) is 0. The van der Waals surface area contributed by atoms with Crippen molar-refractivity contribution in [2.24, 2.45) is 7.05 Å². The molecule has 2 nitrogen and oxygen atoms in total. The van der Waals surface area contributed by atoms with Gasteiger partial charge in [-0.3, -0.25) is 0 Å². The van der Waals surface area contributed by atoms with Crippen molar-refractivity contribution < 1.29 is 20.1 Å². The van der Waals surface area contributed by atoms with Crippen LogP contribution in [0.4, 0.5) is 0 Å². The van der Waals surface area contributed by atoms with Crippen LogP contribution in [0.2, 0.25) is 0 Å². The van der Waals surface area contributed by atoms with E-state index in [9.17, 15) is 0 Å². The van der Waals surface area contributed by atoms with Crippen LogP contribution in [0.25, 0.3) is 11.3 Å².